The van der Waals surface area contributed by atoms with Gasteiger partial charge in [-0.3, -0.25) is 4.79 Å². The van der Waals surface area contributed by atoms with Crippen LogP contribution >= 0.6 is 0 Å². The third-order valence-corrected chi connectivity index (χ3v) is 5.20. The van der Waals surface area contributed by atoms with Crippen LogP contribution in [0.4, 0.5) is 11.5 Å². The molecule has 29 heavy (non-hydrogen) atoms. The van der Waals surface area contributed by atoms with Crippen molar-refractivity contribution in [2.75, 3.05) is 36.4 Å². The number of anilines is 2. The molecule has 2 heterocycles. The van der Waals surface area contributed by atoms with Gasteiger partial charge in [0.1, 0.15) is 17.5 Å². The Kier molecular flexibility index (Phi) is 6.85. The fourth-order valence-electron chi connectivity index (χ4n) is 3.53. The Morgan fingerprint density at radius 2 is 1.79 bits per heavy atom. The van der Waals surface area contributed by atoms with E-state index in [-0.39, 0.29) is 11.5 Å². The van der Waals surface area contributed by atoms with E-state index < -0.39 is 0 Å². The highest BCUT2D eigenvalue weighted by Gasteiger charge is 2.19. The second-order valence-electron chi connectivity index (χ2n) is 6.98. The van der Waals surface area contributed by atoms with Crippen molar-refractivity contribution in [1.82, 2.24) is 9.88 Å². The number of benzene rings is 1. The van der Waals surface area contributed by atoms with Gasteiger partial charge < -0.3 is 15.1 Å². The number of carbonyl (C=O) groups excluding carboxylic acids is 1. The number of nitrogens with zero attached hydrogens (tertiary/aromatic N) is 4. The molecule has 1 amide bonds. The number of nitriles is 1. The van der Waals surface area contributed by atoms with Crippen LogP contribution in [0.5, 0.6) is 0 Å². The molecule has 0 bridgehead atoms. The molecule has 0 aliphatic carbocycles. The van der Waals surface area contributed by atoms with Crippen molar-refractivity contribution < 1.29 is 4.79 Å². The fourth-order valence-corrected chi connectivity index (χ4v) is 3.53. The van der Waals surface area contributed by atoms with E-state index in [1.165, 1.54) is 0 Å². The number of aromatic nitrogens is 1. The molecule has 1 aromatic carbocycles. The summed E-state index contributed by atoms with van der Waals surface area (Å²) in [6, 6.07) is 14.0. The molecule has 1 aromatic heterocycles. The molecule has 1 saturated heterocycles. The van der Waals surface area contributed by atoms with Gasteiger partial charge in [0.25, 0.3) is 5.91 Å². The molecule has 0 unspecified atom stereocenters. The molecule has 1 fully saturated rings. The van der Waals surface area contributed by atoms with Crippen LogP contribution < -0.4 is 10.2 Å². The number of para-hydroxylation sites is 1. The summed E-state index contributed by atoms with van der Waals surface area (Å²) in [6.07, 6.45) is 5.12. The van der Waals surface area contributed by atoms with Crippen LogP contribution in [0, 0.1) is 11.3 Å². The second kappa shape index (κ2) is 9.74. The molecule has 0 spiro atoms. The first kappa shape index (κ1) is 20.4. The van der Waals surface area contributed by atoms with Gasteiger partial charge in [0.15, 0.2) is 0 Å². The standard InChI is InChI=1S/C23H27N5O/c1-3-18-8-7-9-19(4-2)22(18)26-23(29)20(16-24)17-27-12-14-28(15-13-27)21-10-5-6-11-25-21/h5-11,17H,3-4,12-15H2,1-2H3,(H,26,29)/b20-17-. The molecule has 1 aliphatic heterocycles. The zero-order chi connectivity index (χ0) is 20.6. The molecular weight excluding hydrogens is 362 g/mol. The lowest BCUT2D eigenvalue weighted by molar-refractivity contribution is -0.112. The van der Waals surface area contributed by atoms with Gasteiger partial charge in [0.2, 0.25) is 0 Å². The van der Waals surface area contributed by atoms with Crippen molar-refractivity contribution >= 4 is 17.4 Å². The van der Waals surface area contributed by atoms with Gasteiger partial charge in [-0.2, -0.15) is 5.26 Å². The van der Waals surface area contributed by atoms with Crippen molar-refractivity contribution in [2.45, 2.75) is 26.7 Å². The maximum Gasteiger partial charge on any atom is 0.267 e. The Morgan fingerprint density at radius 3 is 2.34 bits per heavy atom. The summed E-state index contributed by atoms with van der Waals surface area (Å²) in [5, 5.41) is 12.5. The van der Waals surface area contributed by atoms with E-state index in [0.29, 0.717) is 0 Å². The van der Waals surface area contributed by atoms with Crippen LogP contribution in [0.3, 0.4) is 0 Å². The Labute approximate surface area is 172 Å². The molecular formula is C23H27N5O. The minimum absolute atomic E-state index is 0.129. The van der Waals surface area contributed by atoms with E-state index in [4.69, 9.17) is 0 Å². The zero-order valence-electron chi connectivity index (χ0n) is 17.1. The van der Waals surface area contributed by atoms with Gasteiger partial charge in [-0.1, -0.05) is 38.1 Å². The number of piperazine rings is 1. The zero-order valence-corrected chi connectivity index (χ0v) is 17.1. The van der Waals surface area contributed by atoms with E-state index in [0.717, 1.165) is 61.7 Å². The van der Waals surface area contributed by atoms with E-state index in [1.54, 1.807) is 12.4 Å². The number of nitrogens with one attached hydrogen (secondary N) is 1. The lowest BCUT2D eigenvalue weighted by atomic mass is 10.0. The van der Waals surface area contributed by atoms with E-state index >= 15 is 0 Å². The summed E-state index contributed by atoms with van der Waals surface area (Å²) < 4.78 is 0. The lowest BCUT2D eigenvalue weighted by Gasteiger charge is -2.34. The monoisotopic (exact) mass is 389 g/mol. The maximum absolute atomic E-state index is 12.8. The van der Waals surface area contributed by atoms with Gasteiger partial charge in [-0.15, -0.1) is 0 Å². The molecule has 6 heteroatoms. The quantitative estimate of drug-likeness (QED) is 0.606. The van der Waals surface area contributed by atoms with Crippen molar-refractivity contribution in [1.29, 1.82) is 5.26 Å². The summed E-state index contributed by atoms with van der Waals surface area (Å²) in [5.41, 5.74) is 3.13. The topological polar surface area (TPSA) is 72.3 Å². The largest absolute Gasteiger partial charge is 0.373 e. The number of hydrogen-bond donors (Lipinski definition) is 1. The smallest absolute Gasteiger partial charge is 0.267 e. The molecule has 3 rings (SSSR count). The lowest BCUT2D eigenvalue weighted by Crippen LogP contribution is -2.44. The van der Waals surface area contributed by atoms with Gasteiger partial charge in [0, 0.05) is 44.3 Å². The SMILES string of the molecule is CCc1cccc(CC)c1NC(=O)/C(C#N)=C\N1CCN(c2ccccn2)CC1. The highest BCUT2D eigenvalue weighted by Crippen LogP contribution is 2.23. The van der Waals surface area contributed by atoms with Crippen molar-refractivity contribution in [3.63, 3.8) is 0 Å². The molecule has 1 N–H and O–H groups in total. The number of aryl methyl sites for hydroxylation is 2. The number of rotatable bonds is 6. The van der Waals surface area contributed by atoms with Crippen molar-refractivity contribution in [3.8, 4) is 6.07 Å². The second-order valence-corrected chi connectivity index (χ2v) is 6.98. The Hall–Kier alpha value is -3.33. The Morgan fingerprint density at radius 1 is 1.10 bits per heavy atom. The Bertz CT molecular complexity index is 886. The fraction of sp³-hybridized carbons (Fsp3) is 0.348. The van der Waals surface area contributed by atoms with Gasteiger partial charge in [0.05, 0.1) is 0 Å². The van der Waals surface area contributed by atoms with Crippen LogP contribution in [-0.2, 0) is 17.6 Å². The van der Waals surface area contributed by atoms with E-state index in [9.17, 15) is 10.1 Å². The van der Waals surface area contributed by atoms with E-state index in [2.05, 4.69) is 35.1 Å². The number of hydrogen-bond acceptors (Lipinski definition) is 5. The summed E-state index contributed by atoms with van der Waals surface area (Å²) >= 11 is 0. The summed E-state index contributed by atoms with van der Waals surface area (Å²) in [7, 11) is 0. The van der Waals surface area contributed by atoms with Crippen LogP contribution in [-0.4, -0.2) is 42.0 Å². The summed E-state index contributed by atoms with van der Waals surface area (Å²) in [6.45, 7) is 7.19. The average molecular weight is 390 g/mol. The molecule has 2 aromatic rings. The van der Waals surface area contributed by atoms with Gasteiger partial charge >= 0.3 is 0 Å². The van der Waals surface area contributed by atoms with Crippen molar-refractivity contribution in [3.05, 3.63) is 65.5 Å². The Balaban J connectivity index is 1.68. The third-order valence-electron chi connectivity index (χ3n) is 5.20. The normalized spacial score (nSPS) is 14.4. The first-order valence-corrected chi connectivity index (χ1v) is 10.1. The maximum atomic E-state index is 12.8. The van der Waals surface area contributed by atoms with Crippen LogP contribution in [0.25, 0.3) is 0 Å². The molecule has 1 aliphatic rings. The molecule has 6 nitrogen and oxygen atoms in total. The third kappa shape index (κ3) is 4.94. The molecule has 150 valence electrons. The van der Waals surface area contributed by atoms with Crippen LogP contribution in [0.2, 0.25) is 0 Å². The van der Waals surface area contributed by atoms with Gasteiger partial charge in [-0.05, 0) is 36.1 Å². The van der Waals surface area contributed by atoms with E-state index in [1.807, 2.05) is 41.3 Å². The average Bonchev–Trinajstić information content (AvgIpc) is 2.78. The predicted octanol–water partition coefficient (Wildman–Crippen LogP) is 3.37. The highest BCUT2D eigenvalue weighted by atomic mass is 16.1. The van der Waals surface area contributed by atoms with Crippen LogP contribution in [0.1, 0.15) is 25.0 Å². The summed E-state index contributed by atoms with van der Waals surface area (Å²) in [5.74, 6) is 0.605. The highest BCUT2D eigenvalue weighted by molar-refractivity contribution is 6.07. The van der Waals surface area contributed by atoms with Crippen LogP contribution in [0.15, 0.2) is 54.4 Å². The minimum atomic E-state index is -0.352. The molecule has 0 radical (unpaired) electrons. The first-order valence-electron chi connectivity index (χ1n) is 10.1. The minimum Gasteiger partial charge on any atom is -0.373 e. The van der Waals surface area contributed by atoms with Crippen molar-refractivity contribution in [2.24, 2.45) is 0 Å². The number of carbonyl (C=O) groups is 1. The number of amides is 1. The summed E-state index contributed by atoms with van der Waals surface area (Å²) in [4.78, 5) is 21.4. The predicted molar refractivity (Wildman–Crippen MR) is 116 cm³/mol. The molecule has 0 atom stereocenters. The first-order chi connectivity index (χ1) is 14.2. The van der Waals surface area contributed by atoms with Gasteiger partial charge in [-0.25, -0.2) is 4.98 Å². The molecule has 0 saturated carbocycles. The number of pyridine rings is 1.